The molecule has 1 aromatic carbocycles. The molecule has 2 aromatic rings. The van der Waals surface area contributed by atoms with Crippen LogP contribution < -0.4 is 0 Å². The Morgan fingerprint density at radius 1 is 1.00 bits per heavy atom. The molecular formula is C29H39NO4. The molecule has 0 radical (unpaired) electrons. The number of hydrogen-bond donors (Lipinski definition) is 2. The first-order chi connectivity index (χ1) is 15.9. The van der Waals surface area contributed by atoms with Crippen LogP contribution in [-0.4, -0.2) is 38.6 Å². The second kappa shape index (κ2) is 8.76. The number of para-hydroxylation sites is 1. The van der Waals surface area contributed by atoms with Crippen molar-refractivity contribution in [1.29, 1.82) is 0 Å². The molecule has 34 heavy (non-hydrogen) atoms. The zero-order chi connectivity index (χ0) is 25.0. The highest BCUT2D eigenvalue weighted by molar-refractivity contribution is 5.92. The minimum absolute atomic E-state index is 0.0152. The minimum atomic E-state index is -0.864. The fourth-order valence-electron chi connectivity index (χ4n) is 6.84. The summed E-state index contributed by atoms with van der Waals surface area (Å²) in [6, 6.07) is 8.01. The molecule has 2 fully saturated rings. The fourth-order valence-corrected chi connectivity index (χ4v) is 6.84. The minimum Gasteiger partial charge on any atom is -0.392 e. The van der Waals surface area contributed by atoms with Gasteiger partial charge in [0.2, 0.25) is 0 Å². The number of rotatable bonds is 5. The largest absolute Gasteiger partial charge is 0.392 e. The SMILES string of the molecule is C=CCn1c(C)c(C([C@H]2C(=O)CC(C)(C)C[C@H]2O)[C@@H]2C(=O)CC(C)(C)C[C@@H]2O)c2ccccc21. The standard InChI is InChI=1S/C29H39NO4/c1-7-12-30-17(2)24(18-10-8-9-11-19(18)30)27(25-20(31)13-28(3,4)14-21(25)32)26-22(33)15-29(5,6)16-23(26)34/h7-11,20,22,25-27,31,33H,1,12-16H2,2-6H3/t20-,22+,25-,26+,27?. The maximum Gasteiger partial charge on any atom is 0.139 e. The van der Waals surface area contributed by atoms with E-state index in [0.717, 1.165) is 22.2 Å². The summed E-state index contributed by atoms with van der Waals surface area (Å²) in [6.45, 7) is 14.5. The number of hydrogen-bond acceptors (Lipinski definition) is 4. The first kappa shape index (κ1) is 24.9. The van der Waals surface area contributed by atoms with Crippen LogP contribution in [0.15, 0.2) is 36.9 Å². The van der Waals surface area contributed by atoms with Gasteiger partial charge < -0.3 is 14.8 Å². The summed E-state index contributed by atoms with van der Waals surface area (Å²) in [4.78, 5) is 27.2. The average Bonchev–Trinajstić information content (AvgIpc) is 2.96. The highest BCUT2D eigenvalue weighted by atomic mass is 16.3. The molecule has 5 atom stereocenters. The molecule has 5 heteroatoms. The lowest BCUT2D eigenvalue weighted by Crippen LogP contribution is -2.51. The first-order valence-corrected chi connectivity index (χ1v) is 12.5. The molecular weight excluding hydrogens is 426 g/mol. The van der Waals surface area contributed by atoms with Crippen molar-refractivity contribution in [3.63, 3.8) is 0 Å². The molecule has 184 valence electrons. The monoisotopic (exact) mass is 465 g/mol. The van der Waals surface area contributed by atoms with Gasteiger partial charge in [-0.05, 0) is 42.2 Å². The third-order valence-corrected chi connectivity index (χ3v) is 8.10. The smallest absolute Gasteiger partial charge is 0.139 e. The molecule has 2 N–H and O–H groups in total. The van der Waals surface area contributed by atoms with Crippen molar-refractivity contribution in [2.75, 3.05) is 0 Å². The summed E-state index contributed by atoms with van der Waals surface area (Å²) in [5.74, 6) is -2.05. The van der Waals surface area contributed by atoms with Gasteiger partial charge in [0.15, 0.2) is 0 Å². The number of aliphatic hydroxyl groups excluding tert-OH is 2. The van der Waals surface area contributed by atoms with Crippen molar-refractivity contribution in [1.82, 2.24) is 4.57 Å². The highest BCUT2D eigenvalue weighted by Crippen LogP contribution is 2.51. The molecule has 4 rings (SSSR count). The molecule has 2 aliphatic rings. The van der Waals surface area contributed by atoms with Crippen LogP contribution in [0.4, 0.5) is 0 Å². The predicted octanol–water partition coefficient (Wildman–Crippen LogP) is 4.95. The van der Waals surface area contributed by atoms with E-state index in [0.29, 0.717) is 32.2 Å². The number of Topliss-reactive ketones (excluding diaryl/α,β-unsaturated/α-hetero) is 2. The Kier molecular flexibility index (Phi) is 6.41. The highest BCUT2D eigenvalue weighted by Gasteiger charge is 2.53. The van der Waals surface area contributed by atoms with Crippen LogP contribution in [0.5, 0.6) is 0 Å². The van der Waals surface area contributed by atoms with E-state index in [9.17, 15) is 19.8 Å². The van der Waals surface area contributed by atoms with Crippen LogP contribution in [0.3, 0.4) is 0 Å². The lowest BCUT2D eigenvalue weighted by Gasteiger charge is -2.46. The van der Waals surface area contributed by atoms with Gasteiger partial charge in [-0.2, -0.15) is 0 Å². The van der Waals surface area contributed by atoms with E-state index in [-0.39, 0.29) is 22.4 Å². The lowest BCUT2D eigenvalue weighted by molar-refractivity contribution is -0.144. The van der Waals surface area contributed by atoms with Gasteiger partial charge in [-0.15, -0.1) is 6.58 Å². The van der Waals surface area contributed by atoms with Gasteiger partial charge in [-0.1, -0.05) is 52.0 Å². The van der Waals surface area contributed by atoms with Crippen LogP contribution in [0.2, 0.25) is 0 Å². The van der Waals surface area contributed by atoms with E-state index in [4.69, 9.17) is 0 Å². The maximum atomic E-state index is 13.6. The van der Waals surface area contributed by atoms with E-state index < -0.39 is 30.0 Å². The van der Waals surface area contributed by atoms with Crippen molar-refractivity contribution in [2.45, 2.75) is 85.0 Å². The zero-order valence-electron chi connectivity index (χ0n) is 21.2. The second-order valence-electron chi connectivity index (χ2n) is 12.2. The van der Waals surface area contributed by atoms with Crippen molar-refractivity contribution >= 4 is 22.5 Å². The van der Waals surface area contributed by atoms with Gasteiger partial charge >= 0.3 is 0 Å². The third kappa shape index (κ3) is 4.29. The van der Waals surface area contributed by atoms with Crippen LogP contribution >= 0.6 is 0 Å². The molecule has 0 saturated heterocycles. The molecule has 2 saturated carbocycles. The topological polar surface area (TPSA) is 79.5 Å². The number of nitrogens with zero attached hydrogens (tertiary/aromatic N) is 1. The second-order valence-corrected chi connectivity index (χ2v) is 12.2. The molecule has 0 spiro atoms. The maximum absolute atomic E-state index is 13.6. The van der Waals surface area contributed by atoms with Crippen LogP contribution in [-0.2, 0) is 16.1 Å². The van der Waals surface area contributed by atoms with Gasteiger partial charge in [0.05, 0.1) is 24.0 Å². The molecule has 2 aliphatic carbocycles. The van der Waals surface area contributed by atoms with E-state index >= 15 is 0 Å². The number of aromatic nitrogens is 1. The normalized spacial score (nSPS) is 29.9. The van der Waals surface area contributed by atoms with Crippen LogP contribution in [0, 0.1) is 29.6 Å². The molecule has 1 heterocycles. The fraction of sp³-hybridized carbons (Fsp3) is 0.586. The van der Waals surface area contributed by atoms with Crippen molar-refractivity contribution in [3.8, 4) is 0 Å². The van der Waals surface area contributed by atoms with Crippen LogP contribution in [0.25, 0.3) is 10.9 Å². The Morgan fingerprint density at radius 2 is 1.50 bits per heavy atom. The first-order valence-electron chi connectivity index (χ1n) is 12.5. The van der Waals surface area contributed by atoms with Gasteiger partial charge in [0.25, 0.3) is 0 Å². The summed E-state index contributed by atoms with van der Waals surface area (Å²) in [7, 11) is 0. The van der Waals surface area contributed by atoms with E-state index in [1.807, 2.05) is 65.0 Å². The Balaban J connectivity index is 1.95. The number of ketones is 2. The molecule has 5 nitrogen and oxygen atoms in total. The van der Waals surface area contributed by atoms with Crippen molar-refractivity contribution in [2.24, 2.45) is 22.7 Å². The molecule has 0 bridgehead atoms. The van der Waals surface area contributed by atoms with Gasteiger partial charge in [0.1, 0.15) is 11.6 Å². The Morgan fingerprint density at radius 3 is 1.97 bits per heavy atom. The number of benzene rings is 1. The van der Waals surface area contributed by atoms with Crippen molar-refractivity contribution < 1.29 is 19.8 Å². The van der Waals surface area contributed by atoms with E-state index in [2.05, 4.69) is 11.1 Å². The number of carbonyl (C=O) groups is 2. The van der Waals surface area contributed by atoms with Crippen LogP contribution in [0.1, 0.15) is 70.6 Å². The summed E-state index contributed by atoms with van der Waals surface area (Å²) in [6.07, 6.45) is 1.81. The Labute approximate surface area is 202 Å². The van der Waals surface area contributed by atoms with E-state index in [1.165, 1.54) is 0 Å². The summed E-state index contributed by atoms with van der Waals surface area (Å²) in [5, 5.41) is 23.7. The lowest BCUT2D eigenvalue weighted by atomic mass is 9.58. The van der Waals surface area contributed by atoms with Gasteiger partial charge in [-0.3, -0.25) is 9.59 Å². The number of fused-ring (bicyclic) bond motifs is 1. The quantitative estimate of drug-likeness (QED) is 0.612. The Bertz CT molecular complexity index is 1080. The molecule has 1 unspecified atom stereocenters. The molecule has 0 amide bonds. The Hall–Kier alpha value is -2.24. The van der Waals surface area contributed by atoms with Gasteiger partial charge in [0, 0.05) is 41.9 Å². The average molecular weight is 466 g/mol. The predicted molar refractivity (Wildman–Crippen MR) is 135 cm³/mol. The number of aliphatic hydroxyl groups is 2. The summed E-state index contributed by atoms with van der Waals surface area (Å²) >= 11 is 0. The summed E-state index contributed by atoms with van der Waals surface area (Å²) < 4.78 is 2.15. The van der Waals surface area contributed by atoms with Gasteiger partial charge in [-0.25, -0.2) is 0 Å². The number of allylic oxidation sites excluding steroid dienone is 1. The number of carbonyl (C=O) groups excluding carboxylic acids is 2. The zero-order valence-corrected chi connectivity index (χ0v) is 21.2. The van der Waals surface area contributed by atoms with E-state index in [1.54, 1.807) is 0 Å². The van der Waals surface area contributed by atoms with Crippen molar-refractivity contribution in [3.05, 3.63) is 48.2 Å². The third-order valence-electron chi connectivity index (χ3n) is 8.10. The summed E-state index contributed by atoms with van der Waals surface area (Å²) in [5.41, 5.74) is 2.30. The molecule has 0 aliphatic heterocycles. The molecule has 1 aromatic heterocycles.